The zero-order valence-electron chi connectivity index (χ0n) is 23.7. The van der Waals surface area contributed by atoms with Crippen molar-refractivity contribution in [2.24, 2.45) is 0 Å². The smallest absolute Gasteiger partial charge is 0.264 e. The van der Waals surface area contributed by atoms with Crippen LogP contribution in [0, 0.1) is 6.92 Å². The molecule has 8 nitrogen and oxygen atoms in total. The molecule has 0 aliphatic carbocycles. The molecule has 0 aliphatic heterocycles. The average Bonchev–Trinajstić information content (AvgIpc) is 2.96. The van der Waals surface area contributed by atoms with E-state index in [1.165, 1.54) is 17.0 Å². The van der Waals surface area contributed by atoms with E-state index in [1.807, 2.05) is 52.0 Å². The molecule has 0 spiro atoms. The Balaban J connectivity index is 2.05. The number of anilines is 1. The monoisotopic (exact) mass is 565 g/mol. The van der Waals surface area contributed by atoms with E-state index in [1.54, 1.807) is 42.5 Å². The standard InChI is InChI=1S/C31H39N3O5S/c1-5-21-32-31(36)29(6-2)33(22-25-14-12-11-13-24(25)4)30(35)23-34(26-17-19-27(20-18-26)39-7-3)40(37,38)28-15-9-8-10-16-28/h8-20,29H,5-7,21-23H2,1-4H3,(H,32,36). The van der Waals surface area contributed by atoms with Crippen molar-refractivity contribution in [3.8, 4) is 5.75 Å². The van der Waals surface area contributed by atoms with Crippen LogP contribution in [0.2, 0.25) is 0 Å². The fourth-order valence-electron chi connectivity index (χ4n) is 4.38. The summed E-state index contributed by atoms with van der Waals surface area (Å²) in [5.74, 6) is -0.144. The maximum Gasteiger partial charge on any atom is 0.264 e. The van der Waals surface area contributed by atoms with Crippen molar-refractivity contribution in [1.82, 2.24) is 10.2 Å². The Morgan fingerprint density at radius 3 is 2.15 bits per heavy atom. The van der Waals surface area contributed by atoms with Gasteiger partial charge in [-0.1, -0.05) is 56.3 Å². The van der Waals surface area contributed by atoms with Gasteiger partial charge in [-0.15, -0.1) is 0 Å². The van der Waals surface area contributed by atoms with E-state index in [0.717, 1.165) is 21.9 Å². The van der Waals surface area contributed by atoms with Gasteiger partial charge in [-0.25, -0.2) is 8.42 Å². The lowest BCUT2D eigenvalue weighted by Gasteiger charge is -2.33. The van der Waals surface area contributed by atoms with Crippen molar-refractivity contribution in [3.63, 3.8) is 0 Å². The van der Waals surface area contributed by atoms with Crippen molar-refractivity contribution in [1.29, 1.82) is 0 Å². The van der Waals surface area contributed by atoms with Gasteiger partial charge < -0.3 is 15.0 Å². The summed E-state index contributed by atoms with van der Waals surface area (Å²) in [6.45, 7) is 8.27. The average molecular weight is 566 g/mol. The molecule has 0 aromatic heterocycles. The minimum atomic E-state index is -4.11. The molecule has 0 heterocycles. The minimum absolute atomic E-state index is 0.0647. The highest BCUT2D eigenvalue weighted by Gasteiger charge is 2.33. The summed E-state index contributed by atoms with van der Waals surface area (Å²) >= 11 is 0. The summed E-state index contributed by atoms with van der Waals surface area (Å²) < 4.78 is 34.4. The van der Waals surface area contributed by atoms with Crippen LogP contribution in [0.4, 0.5) is 5.69 Å². The van der Waals surface area contributed by atoms with Crippen molar-refractivity contribution in [2.75, 3.05) is 24.0 Å². The molecule has 0 aliphatic rings. The second kappa shape index (κ2) is 14.5. The first kappa shape index (κ1) is 30.7. The number of sulfonamides is 1. The highest BCUT2D eigenvalue weighted by molar-refractivity contribution is 7.92. The maximum atomic E-state index is 14.1. The number of carbonyl (C=O) groups is 2. The van der Waals surface area contributed by atoms with E-state index in [4.69, 9.17) is 4.74 Å². The van der Waals surface area contributed by atoms with E-state index in [-0.39, 0.29) is 17.3 Å². The van der Waals surface area contributed by atoms with Crippen LogP contribution in [0.1, 0.15) is 44.7 Å². The topological polar surface area (TPSA) is 96.0 Å². The molecule has 1 unspecified atom stereocenters. The van der Waals surface area contributed by atoms with E-state index < -0.39 is 28.5 Å². The number of rotatable bonds is 14. The first-order valence-corrected chi connectivity index (χ1v) is 15.1. The van der Waals surface area contributed by atoms with Gasteiger partial charge in [0, 0.05) is 13.1 Å². The Labute approximate surface area is 238 Å². The molecule has 3 aromatic rings. The first-order chi connectivity index (χ1) is 19.2. The predicted molar refractivity (Wildman–Crippen MR) is 158 cm³/mol. The molecule has 0 saturated heterocycles. The van der Waals surface area contributed by atoms with E-state index in [9.17, 15) is 18.0 Å². The number of aryl methyl sites for hydroxylation is 1. The third-order valence-electron chi connectivity index (χ3n) is 6.58. The molecule has 9 heteroatoms. The highest BCUT2D eigenvalue weighted by atomic mass is 32.2. The van der Waals surface area contributed by atoms with Crippen LogP contribution in [-0.2, 0) is 26.2 Å². The van der Waals surface area contributed by atoms with Crippen molar-refractivity contribution >= 4 is 27.5 Å². The molecule has 3 aromatic carbocycles. The molecule has 1 atom stereocenters. The molecule has 3 rings (SSSR count). The zero-order chi connectivity index (χ0) is 29.1. The van der Waals surface area contributed by atoms with Gasteiger partial charge >= 0.3 is 0 Å². The van der Waals surface area contributed by atoms with Gasteiger partial charge in [-0.05, 0) is 74.2 Å². The summed E-state index contributed by atoms with van der Waals surface area (Å²) in [5.41, 5.74) is 2.18. The SMILES string of the molecule is CCCNC(=O)C(CC)N(Cc1ccccc1C)C(=O)CN(c1ccc(OCC)cc1)S(=O)(=O)c1ccccc1. The quantitative estimate of drug-likeness (QED) is 0.299. The Morgan fingerprint density at radius 2 is 1.55 bits per heavy atom. The number of carbonyl (C=O) groups excluding carboxylic acids is 2. The molecule has 2 amide bonds. The summed E-state index contributed by atoms with van der Waals surface area (Å²) in [4.78, 5) is 28.8. The normalized spacial score (nSPS) is 11.9. The van der Waals surface area contributed by atoms with Crippen LogP contribution in [-0.4, -0.2) is 50.9 Å². The first-order valence-electron chi connectivity index (χ1n) is 13.6. The van der Waals surface area contributed by atoms with Crippen molar-refractivity contribution in [3.05, 3.63) is 90.0 Å². The number of amides is 2. The third-order valence-corrected chi connectivity index (χ3v) is 8.37. The number of hydrogen-bond acceptors (Lipinski definition) is 5. The third kappa shape index (κ3) is 7.63. The lowest BCUT2D eigenvalue weighted by atomic mass is 10.1. The van der Waals surface area contributed by atoms with Crippen LogP contribution in [0.15, 0.2) is 83.8 Å². The molecular formula is C31H39N3O5S. The molecule has 214 valence electrons. The lowest BCUT2D eigenvalue weighted by Crippen LogP contribution is -2.52. The van der Waals surface area contributed by atoms with E-state index in [0.29, 0.717) is 31.0 Å². The lowest BCUT2D eigenvalue weighted by molar-refractivity contribution is -0.140. The molecule has 0 fully saturated rings. The molecule has 0 bridgehead atoms. The van der Waals surface area contributed by atoms with E-state index >= 15 is 0 Å². The Kier molecular flexibility index (Phi) is 11.1. The van der Waals surface area contributed by atoms with Crippen LogP contribution >= 0.6 is 0 Å². The minimum Gasteiger partial charge on any atom is -0.494 e. The second-order valence-corrected chi connectivity index (χ2v) is 11.3. The van der Waals surface area contributed by atoms with Gasteiger partial charge in [0.2, 0.25) is 11.8 Å². The predicted octanol–water partition coefficient (Wildman–Crippen LogP) is 4.92. The van der Waals surface area contributed by atoms with Gasteiger partial charge in [-0.2, -0.15) is 0 Å². The Morgan fingerprint density at radius 1 is 0.900 bits per heavy atom. The number of nitrogens with one attached hydrogen (secondary N) is 1. The van der Waals surface area contributed by atoms with Crippen molar-refractivity contribution in [2.45, 2.75) is 58.0 Å². The highest BCUT2D eigenvalue weighted by Crippen LogP contribution is 2.27. The summed E-state index contributed by atoms with van der Waals surface area (Å²) in [6, 6.07) is 21.5. The van der Waals surface area contributed by atoms with Gasteiger partial charge in [0.1, 0.15) is 18.3 Å². The fourth-order valence-corrected chi connectivity index (χ4v) is 5.82. The summed E-state index contributed by atoms with van der Waals surface area (Å²) in [5, 5.41) is 2.90. The van der Waals surface area contributed by atoms with Gasteiger partial charge in [0.25, 0.3) is 10.0 Å². The van der Waals surface area contributed by atoms with Crippen LogP contribution in [0.25, 0.3) is 0 Å². The van der Waals surface area contributed by atoms with Gasteiger partial charge in [0.15, 0.2) is 0 Å². The Hall–Kier alpha value is -3.85. The van der Waals surface area contributed by atoms with E-state index in [2.05, 4.69) is 5.32 Å². The largest absolute Gasteiger partial charge is 0.494 e. The molecular weight excluding hydrogens is 526 g/mol. The fraction of sp³-hybridized carbons (Fsp3) is 0.355. The second-order valence-electron chi connectivity index (χ2n) is 9.41. The van der Waals surface area contributed by atoms with Crippen molar-refractivity contribution < 1.29 is 22.7 Å². The molecule has 0 radical (unpaired) electrons. The zero-order valence-corrected chi connectivity index (χ0v) is 24.5. The number of ether oxygens (including phenoxy) is 1. The number of hydrogen-bond donors (Lipinski definition) is 1. The van der Waals surface area contributed by atoms with Crippen LogP contribution in [0.5, 0.6) is 5.75 Å². The van der Waals surface area contributed by atoms with Crippen LogP contribution in [0.3, 0.4) is 0 Å². The Bertz CT molecular complexity index is 1360. The summed E-state index contributed by atoms with van der Waals surface area (Å²) in [6.07, 6.45) is 1.14. The maximum absolute atomic E-state index is 14.1. The molecule has 1 N–H and O–H groups in total. The summed E-state index contributed by atoms with van der Waals surface area (Å²) in [7, 11) is -4.11. The van der Waals surface area contributed by atoms with Crippen LogP contribution < -0.4 is 14.4 Å². The number of nitrogens with zero attached hydrogens (tertiary/aromatic N) is 2. The molecule has 0 saturated carbocycles. The van der Waals surface area contributed by atoms with Gasteiger partial charge in [-0.3, -0.25) is 13.9 Å². The van der Waals surface area contributed by atoms with Gasteiger partial charge in [0.05, 0.1) is 17.2 Å². The molecule has 40 heavy (non-hydrogen) atoms. The number of benzene rings is 3.